The Morgan fingerprint density at radius 3 is 2.36 bits per heavy atom. The number of sulfonamides is 1. The quantitative estimate of drug-likeness (QED) is 0.455. The Balaban J connectivity index is 1.91. The Labute approximate surface area is 190 Å². The van der Waals surface area contributed by atoms with Gasteiger partial charge in [-0.3, -0.25) is 14.3 Å². The SMILES string of the molecule is CCOc1ccc(S(=O)(=O)Nc2cccc(NC(C)=O)c2)cc1NC(=O)c1ccccc1F. The third-order valence-electron chi connectivity index (χ3n) is 4.36. The van der Waals surface area contributed by atoms with Crippen LogP contribution in [0.15, 0.2) is 71.6 Å². The third kappa shape index (κ3) is 6.07. The van der Waals surface area contributed by atoms with E-state index < -0.39 is 21.7 Å². The van der Waals surface area contributed by atoms with Crippen molar-refractivity contribution in [1.29, 1.82) is 0 Å². The molecular weight excluding hydrogens is 449 g/mol. The van der Waals surface area contributed by atoms with Crippen LogP contribution >= 0.6 is 0 Å². The summed E-state index contributed by atoms with van der Waals surface area (Å²) in [5, 5.41) is 5.09. The molecule has 0 fully saturated rings. The van der Waals surface area contributed by atoms with Crippen LogP contribution < -0.4 is 20.1 Å². The molecule has 172 valence electrons. The molecule has 0 aromatic heterocycles. The lowest BCUT2D eigenvalue weighted by Crippen LogP contribution is -2.17. The van der Waals surface area contributed by atoms with Gasteiger partial charge in [-0.2, -0.15) is 0 Å². The van der Waals surface area contributed by atoms with Gasteiger partial charge in [0.1, 0.15) is 11.6 Å². The minimum absolute atomic E-state index is 0.0694. The minimum Gasteiger partial charge on any atom is -0.492 e. The molecule has 0 aliphatic carbocycles. The standard InChI is InChI=1S/C23H22FN3O5S/c1-3-32-22-12-11-18(14-21(22)26-23(29)19-9-4-5-10-20(19)24)33(30,31)27-17-8-6-7-16(13-17)25-15(2)28/h4-14,27H,3H2,1-2H3,(H,25,28)(H,26,29). The van der Waals surface area contributed by atoms with Crippen LogP contribution in [0.1, 0.15) is 24.2 Å². The topological polar surface area (TPSA) is 114 Å². The fourth-order valence-corrected chi connectivity index (χ4v) is 4.04. The van der Waals surface area contributed by atoms with Crippen LogP contribution in [0.5, 0.6) is 5.75 Å². The van der Waals surface area contributed by atoms with Crippen molar-refractivity contribution < 1.29 is 27.1 Å². The van der Waals surface area contributed by atoms with E-state index in [9.17, 15) is 22.4 Å². The first-order chi connectivity index (χ1) is 15.7. The van der Waals surface area contributed by atoms with Crippen molar-refractivity contribution in [3.63, 3.8) is 0 Å². The zero-order chi connectivity index (χ0) is 24.0. The summed E-state index contributed by atoms with van der Waals surface area (Å²) in [4.78, 5) is 23.7. The van der Waals surface area contributed by atoms with Crippen molar-refractivity contribution in [3.8, 4) is 5.75 Å². The van der Waals surface area contributed by atoms with Crippen LogP contribution in [0.2, 0.25) is 0 Å². The monoisotopic (exact) mass is 471 g/mol. The van der Waals surface area contributed by atoms with E-state index in [4.69, 9.17) is 4.74 Å². The van der Waals surface area contributed by atoms with Crippen LogP contribution in [-0.2, 0) is 14.8 Å². The fraction of sp³-hybridized carbons (Fsp3) is 0.130. The number of ether oxygens (including phenoxy) is 1. The van der Waals surface area contributed by atoms with Gasteiger partial charge in [0.2, 0.25) is 5.91 Å². The number of hydrogen-bond donors (Lipinski definition) is 3. The molecule has 3 N–H and O–H groups in total. The first kappa shape index (κ1) is 23.7. The molecule has 0 radical (unpaired) electrons. The molecule has 3 aromatic rings. The highest BCUT2D eigenvalue weighted by Crippen LogP contribution is 2.30. The van der Waals surface area contributed by atoms with Crippen LogP contribution in [0.4, 0.5) is 21.5 Å². The Morgan fingerprint density at radius 2 is 1.67 bits per heavy atom. The molecule has 3 rings (SSSR count). The molecule has 0 spiro atoms. The van der Waals surface area contributed by atoms with Gasteiger partial charge in [-0.25, -0.2) is 12.8 Å². The van der Waals surface area contributed by atoms with Crippen molar-refractivity contribution in [1.82, 2.24) is 0 Å². The van der Waals surface area contributed by atoms with E-state index in [1.807, 2.05) is 0 Å². The van der Waals surface area contributed by atoms with Gasteiger partial charge in [0.25, 0.3) is 15.9 Å². The van der Waals surface area contributed by atoms with Crippen molar-refractivity contribution in [2.45, 2.75) is 18.7 Å². The zero-order valence-corrected chi connectivity index (χ0v) is 18.7. The predicted molar refractivity (Wildman–Crippen MR) is 124 cm³/mol. The van der Waals surface area contributed by atoms with Crippen molar-refractivity contribution >= 4 is 38.9 Å². The predicted octanol–water partition coefficient (Wildman–Crippen LogP) is 4.24. The van der Waals surface area contributed by atoms with Crippen molar-refractivity contribution in [2.75, 3.05) is 22.0 Å². The van der Waals surface area contributed by atoms with Crippen molar-refractivity contribution in [2.24, 2.45) is 0 Å². The summed E-state index contributed by atoms with van der Waals surface area (Å²) in [7, 11) is -4.06. The second-order valence-electron chi connectivity index (χ2n) is 6.89. The van der Waals surface area contributed by atoms with Crippen LogP contribution in [0.25, 0.3) is 0 Å². The van der Waals surface area contributed by atoms with E-state index >= 15 is 0 Å². The maximum Gasteiger partial charge on any atom is 0.261 e. The maximum atomic E-state index is 14.0. The van der Waals surface area contributed by atoms with E-state index in [1.165, 1.54) is 55.5 Å². The summed E-state index contributed by atoms with van der Waals surface area (Å²) in [6.45, 7) is 3.34. The normalized spacial score (nSPS) is 10.9. The molecule has 0 saturated carbocycles. The van der Waals surface area contributed by atoms with Crippen LogP contribution in [-0.4, -0.2) is 26.8 Å². The minimum atomic E-state index is -4.06. The van der Waals surface area contributed by atoms with Crippen LogP contribution in [0.3, 0.4) is 0 Å². The molecule has 0 bridgehead atoms. The smallest absolute Gasteiger partial charge is 0.261 e. The second-order valence-corrected chi connectivity index (χ2v) is 8.57. The molecule has 8 nitrogen and oxygen atoms in total. The Kier molecular flexibility index (Phi) is 7.29. The van der Waals surface area contributed by atoms with E-state index in [0.29, 0.717) is 5.69 Å². The van der Waals surface area contributed by atoms with Gasteiger partial charge in [-0.05, 0) is 55.5 Å². The van der Waals surface area contributed by atoms with Crippen molar-refractivity contribution in [3.05, 3.63) is 78.1 Å². The zero-order valence-electron chi connectivity index (χ0n) is 17.9. The first-order valence-corrected chi connectivity index (χ1v) is 11.4. The number of carbonyl (C=O) groups excluding carboxylic acids is 2. The molecule has 0 aliphatic rings. The molecule has 0 aliphatic heterocycles. The van der Waals surface area contributed by atoms with Gasteiger partial charge in [0.05, 0.1) is 28.4 Å². The lowest BCUT2D eigenvalue weighted by Gasteiger charge is -2.15. The number of halogens is 1. The lowest BCUT2D eigenvalue weighted by molar-refractivity contribution is -0.114. The third-order valence-corrected chi connectivity index (χ3v) is 5.74. The largest absolute Gasteiger partial charge is 0.492 e. The highest BCUT2D eigenvalue weighted by molar-refractivity contribution is 7.92. The number of hydrogen-bond acceptors (Lipinski definition) is 5. The van der Waals surface area contributed by atoms with E-state index in [-0.39, 0.29) is 40.1 Å². The molecule has 10 heteroatoms. The Morgan fingerprint density at radius 1 is 0.939 bits per heavy atom. The Hall–Kier alpha value is -3.92. The first-order valence-electron chi connectivity index (χ1n) is 9.93. The average Bonchev–Trinajstić information content (AvgIpc) is 2.74. The fourth-order valence-electron chi connectivity index (χ4n) is 2.97. The van der Waals surface area contributed by atoms with E-state index in [2.05, 4.69) is 15.4 Å². The number of nitrogens with one attached hydrogen (secondary N) is 3. The summed E-state index contributed by atoms with van der Waals surface area (Å²) in [6.07, 6.45) is 0. The lowest BCUT2D eigenvalue weighted by atomic mass is 10.2. The molecule has 0 heterocycles. The highest BCUT2D eigenvalue weighted by Gasteiger charge is 2.20. The number of benzene rings is 3. The molecule has 2 amide bonds. The molecular formula is C23H22FN3O5S. The van der Waals surface area contributed by atoms with E-state index in [1.54, 1.807) is 19.1 Å². The molecule has 0 atom stereocenters. The van der Waals surface area contributed by atoms with Gasteiger partial charge >= 0.3 is 0 Å². The van der Waals surface area contributed by atoms with E-state index in [0.717, 1.165) is 6.07 Å². The van der Waals surface area contributed by atoms with Crippen LogP contribution in [0, 0.1) is 5.82 Å². The summed E-state index contributed by atoms with van der Waals surface area (Å²) in [6, 6.07) is 15.6. The van der Waals surface area contributed by atoms with Gasteiger partial charge in [-0.1, -0.05) is 18.2 Å². The summed E-state index contributed by atoms with van der Waals surface area (Å²) >= 11 is 0. The second kappa shape index (κ2) is 10.1. The molecule has 33 heavy (non-hydrogen) atoms. The molecule has 0 saturated heterocycles. The highest BCUT2D eigenvalue weighted by atomic mass is 32.2. The van der Waals surface area contributed by atoms with Gasteiger partial charge in [0.15, 0.2) is 0 Å². The summed E-state index contributed by atoms with van der Waals surface area (Å²) in [5.41, 5.74) is 0.528. The number of anilines is 3. The summed E-state index contributed by atoms with van der Waals surface area (Å²) < 4.78 is 47.8. The van der Waals surface area contributed by atoms with Gasteiger partial charge < -0.3 is 15.4 Å². The molecule has 3 aromatic carbocycles. The number of rotatable bonds is 8. The average molecular weight is 472 g/mol. The van der Waals surface area contributed by atoms with Gasteiger partial charge in [-0.15, -0.1) is 0 Å². The van der Waals surface area contributed by atoms with Gasteiger partial charge in [0, 0.05) is 12.6 Å². The summed E-state index contributed by atoms with van der Waals surface area (Å²) in [5.74, 6) is -1.53. The maximum absolute atomic E-state index is 14.0. The number of amides is 2. The Bertz CT molecular complexity index is 1290. The molecule has 0 unspecified atom stereocenters. The number of carbonyl (C=O) groups is 2.